The summed E-state index contributed by atoms with van der Waals surface area (Å²) in [6, 6.07) is 4.18. The largest absolute Gasteiger partial charge is 0.476 e. The molecule has 2 unspecified atom stereocenters. The quantitative estimate of drug-likeness (QED) is 0.650. The Labute approximate surface area is 188 Å². The molecule has 6 nitrogen and oxygen atoms in total. The van der Waals surface area contributed by atoms with E-state index in [0.29, 0.717) is 23.2 Å². The van der Waals surface area contributed by atoms with Crippen molar-refractivity contribution in [2.75, 3.05) is 13.1 Å². The van der Waals surface area contributed by atoms with Gasteiger partial charge in [0, 0.05) is 13.1 Å². The maximum absolute atomic E-state index is 13.1. The lowest BCUT2D eigenvalue weighted by molar-refractivity contribution is -0.138. The summed E-state index contributed by atoms with van der Waals surface area (Å²) in [5, 5.41) is 13.2. The number of hydrogen-bond donors (Lipinski definition) is 1. The molecule has 1 saturated heterocycles. The van der Waals surface area contributed by atoms with Crippen LogP contribution in [0.1, 0.15) is 40.0 Å². The average Bonchev–Trinajstić information content (AvgIpc) is 3.38. The second-order valence-electron chi connectivity index (χ2n) is 8.41. The van der Waals surface area contributed by atoms with E-state index in [1.807, 2.05) is 0 Å². The summed E-state index contributed by atoms with van der Waals surface area (Å²) in [6.07, 6.45) is -1.32. The summed E-state index contributed by atoms with van der Waals surface area (Å²) in [7, 11) is 0. The number of halogens is 4. The number of likely N-dealkylation sites (tertiary alicyclic amines) is 1. The number of fused-ring (bicyclic) bond motifs is 1. The molecule has 1 N–H and O–H groups in total. The normalized spacial score (nSPS) is 22.9. The number of nitrogens with zero attached hydrogens (tertiary/aromatic N) is 3. The number of aromatic carboxylic acids is 1. The Balaban J connectivity index is 1.33. The van der Waals surface area contributed by atoms with Crippen LogP contribution in [0.3, 0.4) is 0 Å². The van der Waals surface area contributed by atoms with Gasteiger partial charge in [-0.25, -0.2) is 9.48 Å². The smallest absolute Gasteiger partial charge is 0.416 e. The van der Waals surface area contributed by atoms with Gasteiger partial charge < -0.3 is 14.7 Å². The van der Waals surface area contributed by atoms with Crippen LogP contribution in [0.5, 0.6) is 0 Å². The van der Waals surface area contributed by atoms with Crippen LogP contribution in [0.4, 0.5) is 13.2 Å². The molecule has 1 aliphatic heterocycles. The van der Waals surface area contributed by atoms with Crippen LogP contribution in [0.15, 0.2) is 31.0 Å². The first-order chi connectivity index (χ1) is 15.0. The summed E-state index contributed by atoms with van der Waals surface area (Å²) < 4.78 is 46.7. The first-order valence-corrected chi connectivity index (χ1v) is 10.6. The van der Waals surface area contributed by atoms with Gasteiger partial charge in [0.1, 0.15) is 5.82 Å². The van der Waals surface area contributed by atoms with Crippen molar-refractivity contribution in [3.8, 4) is 0 Å². The Morgan fingerprint density at radius 2 is 1.97 bits per heavy atom. The van der Waals surface area contributed by atoms with Crippen LogP contribution in [0.2, 0.25) is 5.02 Å². The highest BCUT2D eigenvalue weighted by atomic mass is 35.5. The zero-order valence-electron chi connectivity index (χ0n) is 17.4. The average molecular weight is 470 g/mol. The van der Waals surface area contributed by atoms with Gasteiger partial charge in [-0.05, 0) is 48.8 Å². The number of carboxylic acids is 1. The fourth-order valence-electron chi connectivity index (χ4n) is 4.72. The van der Waals surface area contributed by atoms with E-state index in [1.165, 1.54) is 23.9 Å². The molecule has 2 heterocycles. The molecule has 0 radical (unpaired) electrons. The fourth-order valence-corrected chi connectivity index (χ4v) is 4.93. The first-order valence-electron chi connectivity index (χ1n) is 10.2. The Kier molecular flexibility index (Phi) is 5.98. The lowest BCUT2D eigenvalue weighted by Crippen LogP contribution is -2.25. The maximum atomic E-state index is 13.1. The molecule has 10 heteroatoms. The second-order valence-corrected chi connectivity index (χ2v) is 8.82. The molecule has 172 valence electrons. The highest BCUT2D eigenvalue weighted by Crippen LogP contribution is 2.41. The molecule has 32 heavy (non-hydrogen) atoms. The van der Waals surface area contributed by atoms with Crippen LogP contribution in [0.25, 0.3) is 5.82 Å². The lowest BCUT2D eigenvalue weighted by atomic mass is 10.0. The van der Waals surface area contributed by atoms with Crippen molar-refractivity contribution in [1.82, 2.24) is 14.7 Å². The number of benzene rings is 1. The van der Waals surface area contributed by atoms with E-state index < -0.39 is 17.7 Å². The molecule has 2 fully saturated rings. The molecule has 2 atom stereocenters. The lowest BCUT2D eigenvalue weighted by Gasteiger charge is -2.23. The summed E-state index contributed by atoms with van der Waals surface area (Å²) in [5.41, 5.74) is -0.0812. The Morgan fingerprint density at radius 1 is 1.31 bits per heavy atom. The van der Waals surface area contributed by atoms with E-state index in [4.69, 9.17) is 21.4 Å². The second kappa shape index (κ2) is 8.44. The monoisotopic (exact) mass is 469 g/mol. The number of carbonyl (C=O) groups is 1. The van der Waals surface area contributed by atoms with Crippen molar-refractivity contribution in [3.63, 3.8) is 0 Å². The summed E-state index contributed by atoms with van der Waals surface area (Å²) in [4.78, 5) is 13.2. The van der Waals surface area contributed by atoms with Crippen molar-refractivity contribution >= 4 is 23.4 Å². The van der Waals surface area contributed by atoms with Gasteiger partial charge in [0.05, 0.1) is 29.5 Å². The summed E-state index contributed by atoms with van der Waals surface area (Å²) in [6.45, 7) is 7.12. The molecule has 1 aromatic carbocycles. The molecule has 0 spiro atoms. The molecular formula is C22H23ClF3N3O3. The Bertz CT molecular complexity index is 1040. The number of hydrogen-bond acceptors (Lipinski definition) is 4. The van der Waals surface area contributed by atoms with Gasteiger partial charge in [-0.3, -0.25) is 0 Å². The summed E-state index contributed by atoms with van der Waals surface area (Å²) in [5.74, 6) is 0.0929. The number of ether oxygens (including phenoxy) is 1. The van der Waals surface area contributed by atoms with Crippen LogP contribution in [0, 0.1) is 18.8 Å². The minimum Gasteiger partial charge on any atom is -0.476 e. The Hall–Kier alpha value is -2.52. The van der Waals surface area contributed by atoms with Crippen molar-refractivity contribution in [2.24, 2.45) is 11.8 Å². The van der Waals surface area contributed by atoms with Crippen LogP contribution in [-0.4, -0.2) is 44.9 Å². The standard InChI is InChI=1S/C22H23ClF3N3O3/c1-12-14(4-3-5-18(12)22(24,25)26)11-32-17-6-15-8-28(9-16(15)7-17)13(2)29-10-19(23)20(27-29)21(30)31/h3-5,10,15-17H,2,6-9,11H2,1H3,(H,30,31). The van der Waals surface area contributed by atoms with Crippen molar-refractivity contribution in [2.45, 2.75) is 38.7 Å². The Morgan fingerprint density at radius 3 is 2.53 bits per heavy atom. The number of rotatable bonds is 6. The van der Waals surface area contributed by atoms with Gasteiger partial charge >= 0.3 is 12.1 Å². The van der Waals surface area contributed by atoms with E-state index >= 15 is 0 Å². The molecular weight excluding hydrogens is 447 g/mol. The van der Waals surface area contributed by atoms with Gasteiger partial charge in [0.15, 0.2) is 5.69 Å². The predicted octanol–water partition coefficient (Wildman–Crippen LogP) is 4.92. The summed E-state index contributed by atoms with van der Waals surface area (Å²) >= 11 is 5.93. The number of carboxylic acid groups (broad SMARTS) is 1. The van der Waals surface area contributed by atoms with Crippen LogP contribution in [-0.2, 0) is 17.5 Å². The fraction of sp³-hybridized carbons (Fsp3) is 0.455. The molecule has 0 bridgehead atoms. The minimum atomic E-state index is -4.37. The predicted molar refractivity (Wildman–Crippen MR) is 112 cm³/mol. The number of aromatic nitrogens is 2. The van der Waals surface area contributed by atoms with Crippen LogP contribution >= 0.6 is 11.6 Å². The van der Waals surface area contributed by atoms with Gasteiger partial charge in [-0.1, -0.05) is 30.3 Å². The van der Waals surface area contributed by atoms with Crippen molar-refractivity contribution in [3.05, 3.63) is 58.4 Å². The van der Waals surface area contributed by atoms with E-state index in [0.717, 1.165) is 32.0 Å². The first kappa shape index (κ1) is 22.7. The van der Waals surface area contributed by atoms with Gasteiger partial charge in [0.2, 0.25) is 0 Å². The molecule has 0 amide bonds. The van der Waals surface area contributed by atoms with Gasteiger partial charge in [-0.2, -0.15) is 18.3 Å². The van der Waals surface area contributed by atoms with Crippen molar-refractivity contribution < 1.29 is 27.8 Å². The van der Waals surface area contributed by atoms with Gasteiger partial charge in [0.25, 0.3) is 0 Å². The van der Waals surface area contributed by atoms with E-state index in [2.05, 4.69) is 16.6 Å². The highest BCUT2D eigenvalue weighted by molar-refractivity contribution is 6.33. The van der Waals surface area contributed by atoms with Crippen LogP contribution < -0.4 is 0 Å². The number of alkyl halides is 3. The minimum absolute atomic E-state index is 0.00730. The highest BCUT2D eigenvalue weighted by Gasteiger charge is 2.42. The third kappa shape index (κ3) is 4.36. The third-order valence-corrected chi connectivity index (χ3v) is 6.71. The van der Waals surface area contributed by atoms with Gasteiger partial charge in [-0.15, -0.1) is 0 Å². The SMILES string of the molecule is C=C(N1CC2CC(OCc3cccc(C(F)(F)F)c3C)CC2C1)n1cc(Cl)c(C(=O)O)n1. The van der Waals surface area contributed by atoms with E-state index in [1.54, 1.807) is 6.07 Å². The van der Waals surface area contributed by atoms with E-state index in [9.17, 15) is 18.0 Å². The topological polar surface area (TPSA) is 67.6 Å². The molecule has 1 aromatic heterocycles. The zero-order valence-corrected chi connectivity index (χ0v) is 18.2. The van der Waals surface area contributed by atoms with E-state index in [-0.39, 0.29) is 29.0 Å². The molecule has 1 aliphatic carbocycles. The molecule has 1 saturated carbocycles. The maximum Gasteiger partial charge on any atom is 0.416 e. The molecule has 2 aliphatic rings. The zero-order chi connectivity index (χ0) is 23.2. The molecule has 4 rings (SSSR count). The van der Waals surface area contributed by atoms with Crippen molar-refractivity contribution in [1.29, 1.82) is 0 Å². The molecule has 2 aromatic rings. The third-order valence-electron chi connectivity index (χ3n) is 6.44.